The first-order valence-corrected chi connectivity index (χ1v) is 4.63. The molecule has 2 unspecified atom stereocenters. The minimum absolute atomic E-state index is 0.126. The van der Waals surface area contributed by atoms with Gasteiger partial charge in [-0.25, -0.2) is 0 Å². The average Bonchev–Trinajstić information content (AvgIpc) is 2.44. The second-order valence-corrected chi connectivity index (χ2v) is 3.77. The molecule has 0 bridgehead atoms. The number of esters is 1. The van der Waals surface area contributed by atoms with Crippen molar-refractivity contribution in [3.8, 4) is 0 Å². The number of hydrogen-bond acceptors (Lipinski definition) is 4. The van der Waals surface area contributed by atoms with Crippen molar-refractivity contribution in [2.24, 2.45) is 17.6 Å². The minimum atomic E-state index is -0.359. The smallest absolute Gasteiger partial charge is 0.310 e. The molecule has 2 atom stereocenters. The Morgan fingerprint density at radius 1 is 1.50 bits per heavy atom. The van der Waals surface area contributed by atoms with E-state index in [4.69, 9.17) is 5.73 Å². The molecular weight excluding hydrogens is 184 g/mol. The molecule has 0 saturated carbocycles. The van der Waals surface area contributed by atoms with Gasteiger partial charge in [0.25, 0.3) is 0 Å². The van der Waals surface area contributed by atoms with E-state index >= 15 is 0 Å². The number of methoxy groups -OCH3 is 1. The van der Waals surface area contributed by atoms with Gasteiger partial charge in [0.1, 0.15) is 0 Å². The van der Waals surface area contributed by atoms with E-state index < -0.39 is 0 Å². The number of amides is 1. The first-order valence-electron chi connectivity index (χ1n) is 4.63. The maximum atomic E-state index is 11.3. The fraction of sp³-hybridized carbons (Fsp3) is 0.778. The first kappa shape index (κ1) is 11.0. The number of carbonyl (C=O) groups is 2. The average molecular weight is 200 g/mol. The van der Waals surface area contributed by atoms with Gasteiger partial charge in [-0.2, -0.15) is 0 Å². The lowest BCUT2D eigenvalue weighted by Gasteiger charge is -2.12. The lowest BCUT2D eigenvalue weighted by Crippen LogP contribution is -2.32. The number of ether oxygens (including phenoxy) is 1. The predicted molar refractivity (Wildman–Crippen MR) is 50.3 cm³/mol. The summed E-state index contributed by atoms with van der Waals surface area (Å²) in [4.78, 5) is 23.8. The van der Waals surface area contributed by atoms with E-state index in [0.29, 0.717) is 6.54 Å². The number of likely N-dealkylation sites (tertiary alicyclic amines) is 1. The zero-order valence-corrected chi connectivity index (χ0v) is 8.53. The zero-order chi connectivity index (χ0) is 10.7. The zero-order valence-electron chi connectivity index (χ0n) is 8.53. The Labute approximate surface area is 83.2 Å². The summed E-state index contributed by atoms with van der Waals surface area (Å²) in [6.07, 6.45) is 0. The quantitative estimate of drug-likeness (QED) is 0.606. The van der Waals surface area contributed by atoms with Crippen molar-refractivity contribution in [1.82, 2.24) is 4.90 Å². The second kappa shape index (κ2) is 4.41. The number of carbonyl (C=O) groups excluding carboxylic acids is 2. The highest BCUT2D eigenvalue weighted by Crippen LogP contribution is 2.23. The third kappa shape index (κ3) is 2.45. The summed E-state index contributed by atoms with van der Waals surface area (Å²) >= 11 is 0. The molecule has 1 saturated heterocycles. The van der Waals surface area contributed by atoms with Gasteiger partial charge in [-0.3, -0.25) is 14.5 Å². The molecular formula is C9H16N2O3. The Hall–Kier alpha value is -1.10. The van der Waals surface area contributed by atoms with Crippen LogP contribution in [0.1, 0.15) is 6.92 Å². The molecule has 0 spiro atoms. The number of nitrogens with two attached hydrogens (primary N) is 1. The van der Waals surface area contributed by atoms with Crippen molar-refractivity contribution in [3.63, 3.8) is 0 Å². The Morgan fingerprint density at radius 2 is 2.14 bits per heavy atom. The van der Waals surface area contributed by atoms with E-state index in [0.717, 1.165) is 6.54 Å². The van der Waals surface area contributed by atoms with Crippen LogP contribution >= 0.6 is 0 Å². The van der Waals surface area contributed by atoms with Gasteiger partial charge in [-0.15, -0.1) is 0 Å². The summed E-state index contributed by atoms with van der Waals surface area (Å²) in [7, 11) is 1.38. The highest BCUT2D eigenvalue weighted by Gasteiger charge is 2.35. The Balaban J connectivity index is 2.51. The van der Waals surface area contributed by atoms with Gasteiger partial charge in [0.15, 0.2) is 0 Å². The highest BCUT2D eigenvalue weighted by atomic mass is 16.5. The van der Waals surface area contributed by atoms with Crippen LogP contribution in [0.25, 0.3) is 0 Å². The summed E-state index contributed by atoms with van der Waals surface area (Å²) in [5.41, 5.74) is 5.07. The second-order valence-electron chi connectivity index (χ2n) is 3.77. The number of primary amides is 1. The van der Waals surface area contributed by atoms with E-state index in [-0.39, 0.29) is 30.3 Å². The van der Waals surface area contributed by atoms with Crippen molar-refractivity contribution in [2.45, 2.75) is 6.92 Å². The van der Waals surface area contributed by atoms with E-state index in [1.54, 1.807) is 0 Å². The fourth-order valence-corrected chi connectivity index (χ4v) is 1.87. The molecule has 1 fully saturated rings. The molecule has 0 radical (unpaired) electrons. The summed E-state index contributed by atoms with van der Waals surface area (Å²) in [5.74, 6) is -0.465. The standard InChI is InChI=1S/C9H16N2O3/c1-6-3-11(5-8(10)12)4-7(6)9(13)14-2/h6-7H,3-5H2,1-2H3,(H2,10,12). The van der Waals surface area contributed by atoms with Crippen LogP contribution in [0.4, 0.5) is 0 Å². The molecule has 1 rings (SSSR count). The Bertz CT molecular complexity index is 242. The van der Waals surface area contributed by atoms with Crippen molar-refractivity contribution >= 4 is 11.9 Å². The normalized spacial score (nSPS) is 27.6. The molecule has 80 valence electrons. The van der Waals surface area contributed by atoms with Gasteiger partial charge < -0.3 is 10.5 Å². The molecule has 1 aliphatic rings. The number of hydrogen-bond donors (Lipinski definition) is 1. The molecule has 14 heavy (non-hydrogen) atoms. The topological polar surface area (TPSA) is 72.6 Å². The summed E-state index contributed by atoms with van der Waals surface area (Å²) < 4.78 is 4.68. The number of nitrogens with zero attached hydrogens (tertiary/aromatic N) is 1. The van der Waals surface area contributed by atoms with Gasteiger partial charge in [0.05, 0.1) is 19.6 Å². The van der Waals surface area contributed by atoms with Gasteiger partial charge >= 0.3 is 5.97 Å². The molecule has 0 aliphatic carbocycles. The molecule has 5 nitrogen and oxygen atoms in total. The molecule has 1 heterocycles. The number of rotatable bonds is 3. The van der Waals surface area contributed by atoms with Crippen molar-refractivity contribution in [2.75, 3.05) is 26.7 Å². The van der Waals surface area contributed by atoms with Crippen LogP contribution in [0.3, 0.4) is 0 Å². The van der Waals surface area contributed by atoms with Gasteiger partial charge in [0, 0.05) is 13.1 Å². The molecule has 5 heteroatoms. The molecule has 1 amide bonds. The third-order valence-electron chi connectivity index (χ3n) is 2.57. The molecule has 2 N–H and O–H groups in total. The molecule has 1 aliphatic heterocycles. The monoisotopic (exact) mass is 200 g/mol. The lowest BCUT2D eigenvalue weighted by atomic mass is 9.99. The van der Waals surface area contributed by atoms with Crippen LogP contribution in [-0.4, -0.2) is 43.5 Å². The molecule has 0 aromatic rings. The largest absolute Gasteiger partial charge is 0.469 e. The predicted octanol–water partition coefficient (Wildman–Crippen LogP) is -0.787. The van der Waals surface area contributed by atoms with Crippen LogP contribution < -0.4 is 5.73 Å². The summed E-state index contributed by atoms with van der Waals surface area (Å²) in [5, 5.41) is 0. The third-order valence-corrected chi connectivity index (χ3v) is 2.57. The fourth-order valence-electron chi connectivity index (χ4n) is 1.87. The van der Waals surface area contributed by atoms with Crippen LogP contribution in [0, 0.1) is 11.8 Å². The highest BCUT2D eigenvalue weighted by molar-refractivity contribution is 5.76. The van der Waals surface area contributed by atoms with Crippen molar-refractivity contribution in [3.05, 3.63) is 0 Å². The van der Waals surface area contributed by atoms with Gasteiger partial charge in [-0.1, -0.05) is 6.92 Å². The van der Waals surface area contributed by atoms with Crippen LogP contribution in [0.2, 0.25) is 0 Å². The van der Waals surface area contributed by atoms with E-state index in [2.05, 4.69) is 4.74 Å². The van der Waals surface area contributed by atoms with E-state index in [9.17, 15) is 9.59 Å². The SMILES string of the molecule is COC(=O)C1CN(CC(N)=O)CC1C. The Morgan fingerprint density at radius 3 is 2.64 bits per heavy atom. The minimum Gasteiger partial charge on any atom is -0.469 e. The lowest BCUT2D eigenvalue weighted by molar-refractivity contribution is -0.146. The van der Waals surface area contributed by atoms with Gasteiger partial charge in [-0.05, 0) is 5.92 Å². The first-order chi connectivity index (χ1) is 6.54. The van der Waals surface area contributed by atoms with E-state index in [1.165, 1.54) is 7.11 Å². The molecule has 0 aromatic heterocycles. The Kier molecular flexibility index (Phi) is 3.46. The van der Waals surface area contributed by atoms with Crippen LogP contribution in [-0.2, 0) is 14.3 Å². The van der Waals surface area contributed by atoms with Gasteiger partial charge in [0.2, 0.25) is 5.91 Å². The maximum Gasteiger partial charge on any atom is 0.310 e. The van der Waals surface area contributed by atoms with Crippen molar-refractivity contribution < 1.29 is 14.3 Å². The molecule has 0 aromatic carbocycles. The summed E-state index contributed by atoms with van der Waals surface area (Å²) in [6, 6.07) is 0. The summed E-state index contributed by atoms with van der Waals surface area (Å²) in [6.45, 7) is 3.49. The van der Waals surface area contributed by atoms with E-state index in [1.807, 2.05) is 11.8 Å². The van der Waals surface area contributed by atoms with Crippen LogP contribution in [0.15, 0.2) is 0 Å². The maximum absolute atomic E-state index is 11.3. The van der Waals surface area contributed by atoms with Crippen molar-refractivity contribution in [1.29, 1.82) is 0 Å². The van der Waals surface area contributed by atoms with Crippen LogP contribution in [0.5, 0.6) is 0 Å².